The summed E-state index contributed by atoms with van der Waals surface area (Å²) in [6, 6.07) is 9.97. The van der Waals surface area contributed by atoms with E-state index in [1.165, 1.54) is 12.3 Å². The van der Waals surface area contributed by atoms with E-state index < -0.39 is 4.92 Å². The Balaban J connectivity index is 1.59. The van der Waals surface area contributed by atoms with Crippen molar-refractivity contribution in [1.82, 2.24) is 15.3 Å². The van der Waals surface area contributed by atoms with E-state index in [1.807, 2.05) is 12.1 Å². The lowest BCUT2D eigenvalue weighted by molar-refractivity contribution is -0.384. The molecule has 2 aromatic rings. The highest BCUT2D eigenvalue weighted by atomic mass is 16.6. The fourth-order valence-electron chi connectivity index (χ4n) is 3.83. The van der Waals surface area contributed by atoms with E-state index in [1.54, 1.807) is 36.7 Å². The van der Waals surface area contributed by atoms with Crippen LogP contribution in [0.4, 0.5) is 5.69 Å². The predicted molar refractivity (Wildman–Crippen MR) is 120 cm³/mol. The summed E-state index contributed by atoms with van der Waals surface area (Å²) in [4.78, 5) is 29.2. The lowest BCUT2D eigenvalue weighted by Gasteiger charge is -2.31. The Labute approximate surface area is 185 Å². The monoisotopic (exact) mass is 433 g/mol. The van der Waals surface area contributed by atoms with Crippen LogP contribution in [0.2, 0.25) is 0 Å². The molecule has 2 aliphatic rings. The molecule has 1 N–H and O–H groups in total. The number of nitrogens with one attached hydrogen (secondary N) is 1. The van der Waals surface area contributed by atoms with Crippen LogP contribution in [0.15, 0.2) is 70.7 Å². The molecule has 0 radical (unpaired) electrons. The average molecular weight is 433 g/mol. The highest BCUT2D eigenvalue weighted by molar-refractivity contribution is 5.94. The van der Waals surface area contributed by atoms with Crippen molar-refractivity contribution < 1.29 is 14.5 Å². The second kappa shape index (κ2) is 9.97. The number of morpholine rings is 1. The number of carbonyl (C=O) groups excluding carboxylic acids is 1. The van der Waals surface area contributed by atoms with Crippen molar-refractivity contribution in [2.45, 2.75) is 12.8 Å². The van der Waals surface area contributed by atoms with Gasteiger partial charge in [0, 0.05) is 43.3 Å². The Morgan fingerprint density at radius 3 is 2.81 bits per heavy atom. The number of nitrogens with zero attached hydrogens (tertiary/aromatic N) is 4. The van der Waals surface area contributed by atoms with Crippen molar-refractivity contribution in [3.63, 3.8) is 0 Å². The Hall–Kier alpha value is -3.85. The van der Waals surface area contributed by atoms with E-state index in [0.29, 0.717) is 18.8 Å². The van der Waals surface area contributed by atoms with Crippen LogP contribution >= 0.6 is 0 Å². The first-order chi connectivity index (χ1) is 15.6. The zero-order valence-corrected chi connectivity index (χ0v) is 17.4. The van der Waals surface area contributed by atoms with Crippen LogP contribution < -0.4 is 5.43 Å². The highest BCUT2D eigenvalue weighted by Gasteiger charge is 2.25. The van der Waals surface area contributed by atoms with E-state index in [0.717, 1.165) is 48.3 Å². The molecule has 0 atom stereocenters. The van der Waals surface area contributed by atoms with Crippen LogP contribution in [-0.4, -0.2) is 53.2 Å². The summed E-state index contributed by atoms with van der Waals surface area (Å²) >= 11 is 0. The van der Waals surface area contributed by atoms with Gasteiger partial charge >= 0.3 is 0 Å². The first-order valence-corrected chi connectivity index (χ1v) is 10.4. The number of carbonyl (C=O) groups is 1. The summed E-state index contributed by atoms with van der Waals surface area (Å²) in [5.74, 6) is -0.326. The molecule has 0 bridgehead atoms. The lowest BCUT2D eigenvalue weighted by atomic mass is 10.1. The predicted octanol–water partition coefficient (Wildman–Crippen LogP) is 3.17. The molecule has 1 aromatic carbocycles. The number of allylic oxidation sites excluding steroid dienone is 2. The summed E-state index contributed by atoms with van der Waals surface area (Å²) in [7, 11) is 0. The Kier molecular flexibility index (Phi) is 6.66. The van der Waals surface area contributed by atoms with Gasteiger partial charge in [-0.15, -0.1) is 0 Å². The van der Waals surface area contributed by atoms with Gasteiger partial charge in [-0.3, -0.25) is 19.9 Å². The van der Waals surface area contributed by atoms with Gasteiger partial charge < -0.3 is 9.64 Å². The van der Waals surface area contributed by atoms with Gasteiger partial charge in [0.2, 0.25) is 0 Å². The molecule has 1 saturated heterocycles. The number of nitro groups is 1. The first kappa shape index (κ1) is 21.4. The number of nitro benzene ring substituents is 1. The molecule has 1 aromatic heterocycles. The summed E-state index contributed by atoms with van der Waals surface area (Å²) in [5.41, 5.74) is 6.99. The van der Waals surface area contributed by atoms with Crippen LogP contribution in [-0.2, 0) is 4.74 Å². The third kappa shape index (κ3) is 5.06. The second-order valence-electron chi connectivity index (χ2n) is 7.44. The minimum atomic E-state index is -0.390. The normalized spacial score (nSPS) is 17.9. The highest BCUT2D eigenvalue weighted by Crippen LogP contribution is 2.35. The number of hydrogen-bond acceptors (Lipinski definition) is 7. The van der Waals surface area contributed by atoms with E-state index in [-0.39, 0.29) is 11.6 Å². The van der Waals surface area contributed by atoms with Gasteiger partial charge in [-0.25, -0.2) is 5.43 Å². The zero-order valence-electron chi connectivity index (χ0n) is 17.4. The number of pyridine rings is 1. The number of non-ortho nitro benzene ring substituents is 1. The third-order valence-corrected chi connectivity index (χ3v) is 5.33. The SMILES string of the molecule is O=C(N/N=C\C1=C(N2CCOCC2)C(=C/c2cccc([N+](=O)[O-])c2)/CC1)c1cccnc1. The van der Waals surface area contributed by atoms with E-state index in [2.05, 4.69) is 20.4 Å². The van der Waals surface area contributed by atoms with Gasteiger partial charge in [0.25, 0.3) is 11.6 Å². The molecule has 1 amide bonds. The Morgan fingerprint density at radius 1 is 1.22 bits per heavy atom. The molecule has 4 rings (SSSR count). The summed E-state index contributed by atoms with van der Waals surface area (Å²) < 4.78 is 5.50. The largest absolute Gasteiger partial charge is 0.378 e. The molecule has 0 saturated carbocycles. The van der Waals surface area contributed by atoms with Crippen LogP contribution in [0.1, 0.15) is 28.8 Å². The number of rotatable bonds is 6. The van der Waals surface area contributed by atoms with Crippen LogP contribution in [0, 0.1) is 10.1 Å². The molecule has 9 nitrogen and oxygen atoms in total. The van der Waals surface area contributed by atoms with Crippen LogP contribution in [0.3, 0.4) is 0 Å². The summed E-state index contributed by atoms with van der Waals surface area (Å²) in [6.45, 7) is 2.77. The van der Waals surface area contributed by atoms with Gasteiger partial charge in [-0.1, -0.05) is 12.1 Å². The zero-order chi connectivity index (χ0) is 22.3. The van der Waals surface area contributed by atoms with Gasteiger partial charge in [0.05, 0.1) is 29.9 Å². The molecule has 32 heavy (non-hydrogen) atoms. The maximum absolute atomic E-state index is 12.2. The van der Waals surface area contributed by atoms with E-state index >= 15 is 0 Å². The van der Waals surface area contributed by atoms with Crippen LogP contribution in [0.25, 0.3) is 6.08 Å². The number of benzene rings is 1. The van der Waals surface area contributed by atoms with Gasteiger partial charge in [0.1, 0.15) is 0 Å². The standard InChI is InChI=1S/C23H23N5O4/c29-23(20-4-2-8-24-15-20)26-25-16-19-7-6-18(22(19)27-9-11-32-12-10-27)13-17-3-1-5-21(14-17)28(30)31/h1-5,8,13-16H,6-7,9-12H2,(H,26,29)/b18-13+,25-16-. The minimum Gasteiger partial charge on any atom is -0.378 e. The fraction of sp³-hybridized carbons (Fsp3) is 0.261. The number of hydrogen-bond donors (Lipinski definition) is 1. The molecule has 0 unspecified atom stereocenters. The topological polar surface area (TPSA) is 110 Å². The van der Waals surface area contributed by atoms with Crippen molar-refractivity contribution in [2.75, 3.05) is 26.3 Å². The maximum Gasteiger partial charge on any atom is 0.272 e. The molecule has 2 heterocycles. The Morgan fingerprint density at radius 2 is 2.06 bits per heavy atom. The van der Waals surface area contributed by atoms with E-state index in [9.17, 15) is 14.9 Å². The van der Waals surface area contributed by atoms with Gasteiger partial charge in [-0.05, 0) is 47.8 Å². The quantitative estimate of drug-likeness (QED) is 0.426. The van der Waals surface area contributed by atoms with E-state index in [4.69, 9.17) is 4.74 Å². The van der Waals surface area contributed by atoms with Crippen molar-refractivity contribution in [3.05, 3.63) is 86.9 Å². The molecular formula is C23H23N5O4. The molecule has 164 valence electrons. The van der Waals surface area contributed by atoms with Crippen molar-refractivity contribution >= 4 is 23.9 Å². The number of aromatic nitrogens is 1. The molecular weight excluding hydrogens is 410 g/mol. The number of hydrazone groups is 1. The van der Waals surface area contributed by atoms with Gasteiger partial charge in [0.15, 0.2) is 0 Å². The maximum atomic E-state index is 12.2. The third-order valence-electron chi connectivity index (χ3n) is 5.33. The van der Waals surface area contributed by atoms with Gasteiger partial charge in [-0.2, -0.15) is 5.10 Å². The number of ether oxygens (including phenoxy) is 1. The lowest BCUT2D eigenvalue weighted by Crippen LogP contribution is -2.36. The summed E-state index contributed by atoms with van der Waals surface area (Å²) in [6.07, 6.45) is 8.32. The van der Waals surface area contributed by atoms with Crippen molar-refractivity contribution in [3.8, 4) is 0 Å². The molecule has 1 aliphatic heterocycles. The smallest absolute Gasteiger partial charge is 0.272 e. The van der Waals surface area contributed by atoms with Crippen molar-refractivity contribution in [1.29, 1.82) is 0 Å². The van der Waals surface area contributed by atoms with Crippen LogP contribution in [0.5, 0.6) is 0 Å². The second-order valence-corrected chi connectivity index (χ2v) is 7.44. The molecule has 0 spiro atoms. The average Bonchev–Trinajstić information content (AvgIpc) is 3.22. The molecule has 1 fully saturated rings. The first-order valence-electron chi connectivity index (χ1n) is 10.4. The molecule has 9 heteroatoms. The Bertz CT molecular complexity index is 1090. The fourth-order valence-corrected chi connectivity index (χ4v) is 3.83. The van der Waals surface area contributed by atoms with Crippen molar-refractivity contribution in [2.24, 2.45) is 5.10 Å². The number of amides is 1. The molecule has 1 aliphatic carbocycles. The summed E-state index contributed by atoms with van der Waals surface area (Å²) in [5, 5.41) is 15.3. The minimum absolute atomic E-state index is 0.0640.